The first-order chi connectivity index (χ1) is 0. The fraction of sp³-hybridized carbons (Fsp3) is 0. The van der Waals surface area contributed by atoms with Gasteiger partial charge in [-0.3, -0.25) is 0 Å². The van der Waals surface area contributed by atoms with Crippen LogP contribution in [-0.4, -0.2) is 11.0 Å². The van der Waals surface area contributed by atoms with E-state index < -0.39 is 0 Å². The molecule has 6 heteroatoms. The van der Waals surface area contributed by atoms with Crippen LogP contribution in [0.5, 0.6) is 0 Å². The molecular formula is H8Cl4SiZn. The van der Waals surface area contributed by atoms with Gasteiger partial charge in [0.05, 0.1) is 0 Å². The Labute approximate surface area is 79.6 Å². The predicted molar refractivity (Wildman–Crippen MR) is 40.3 cm³/mol. The van der Waals surface area contributed by atoms with Crippen LogP contribution in [-0.2, 0) is 19.5 Å². The normalized spacial score (nSPS) is 0. The van der Waals surface area contributed by atoms with Crippen LogP contribution >= 0.6 is 49.6 Å². The summed E-state index contributed by atoms with van der Waals surface area (Å²) in [6.45, 7) is 0. The molecule has 42 valence electrons. The van der Waals surface area contributed by atoms with Gasteiger partial charge in [-0.2, -0.15) is 0 Å². The zero-order chi connectivity index (χ0) is 0. The van der Waals surface area contributed by atoms with Gasteiger partial charge in [-0.1, -0.05) is 0 Å². The topological polar surface area (TPSA) is 0 Å². The van der Waals surface area contributed by atoms with Crippen molar-refractivity contribution in [2.75, 3.05) is 0 Å². The fourth-order valence-electron chi connectivity index (χ4n) is 0. The molecular weight excluding hydrogens is 235 g/mol. The van der Waals surface area contributed by atoms with Crippen molar-refractivity contribution in [2.24, 2.45) is 0 Å². The van der Waals surface area contributed by atoms with Gasteiger partial charge in [-0.25, -0.2) is 0 Å². The van der Waals surface area contributed by atoms with E-state index in [4.69, 9.17) is 0 Å². The van der Waals surface area contributed by atoms with Gasteiger partial charge in [0, 0.05) is 19.5 Å². The molecule has 0 nitrogen and oxygen atoms in total. The van der Waals surface area contributed by atoms with E-state index >= 15 is 0 Å². The molecule has 0 aliphatic rings. The van der Waals surface area contributed by atoms with Crippen molar-refractivity contribution in [3.8, 4) is 0 Å². The molecule has 0 aliphatic carbocycles. The monoisotopic (exact) mass is 240 g/mol. The van der Waals surface area contributed by atoms with Crippen molar-refractivity contribution >= 4 is 60.6 Å². The van der Waals surface area contributed by atoms with E-state index in [9.17, 15) is 0 Å². The van der Waals surface area contributed by atoms with Gasteiger partial charge in [0.1, 0.15) is 0 Å². The molecule has 0 unspecified atom stereocenters. The molecule has 0 aromatic carbocycles. The third-order valence-electron chi connectivity index (χ3n) is 0. The van der Waals surface area contributed by atoms with Gasteiger partial charge in [-0.15, -0.1) is 49.6 Å². The summed E-state index contributed by atoms with van der Waals surface area (Å²) in [7, 11) is 0. The maximum Gasteiger partial charge on any atom is 0 e. The molecule has 0 saturated carbocycles. The quantitative estimate of drug-likeness (QED) is 0.535. The first-order valence-corrected chi connectivity index (χ1v) is 0. The second kappa shape index (κ2) is 63.0. The summed E-state index contributed by atoms with van der Waals surface area (Å²) in [5, 5.41) is 0. The zero-order valence-corrected chi connectivity index (χ0v) is 8.57. The average Bonchev–Trinajstić information content (AvgIpc) is 0. The van der Waals surface area contributed by atoms with Crippen LogP contribution in [0.15, 0.2) is 0 Å². The summed E-state index contributed by atoms with van der Waals surface area (Å²) >= 11 is 0. The second-order valence-electron chi connectivity index (χ2n) is 0. The van der Waals surface area contributed by atoms with E-state index in [0.717, 1.165) is 0 Å². The SMILES string of the molecule is Cl.Cl.Cl.Cl.[SiH4].[Zn]. The Morgan fingerprint density at radius 1 is 0.500 bits per heavy atom. The molecule has 0 aromatic rings. The predicted octanol–water partition coefficient (Wildman–Crippen LogP) is 0.233. The van der Waals surface area contributed by atoms with Crippen molar-refractivity contribution in [1.82, 2.24) is 0 Å². The molecule has 0 rings (SSSR count). The van der Waals surface area contributed by atoms with Gasteiger partial charge in [-0.05, 0) is 11.0 Å². The molecule has 0 amide bonds. The molecule has 0 N–H and O–H groups in total. The van der Waals surface area contributed by atoms with Crippen LogP contribution in [0.1, 0.15) is 0 Å². The minimum Gasteiger partial charge on any atom is -0.147 e. The number of hydrogen-bond donors (Lipinski definition) is 0. The molecule has 0 saturated heterocycles. The molecule has 0 spiro atoms. The van der Waals surface area contributed by atoms with E-state index in [1.807, 2.05) is 0 Å². The molecule has 0 radical (unpaired) electrons. The van der Waals surface area contributed by atoms with Crippen molar-refractivity contribution in [3.63, 3.8) is 0 Å². The smallest absolute Gasteiger partial charge is 0 e. The molecule has 0 bridgehead atoms. The van der Waals surface area contributed by atoms with Crippen LogP contribution in [0.25, 0.3) is 0 Å². The second-order valence-corrected chi connectivity index (χ2v) is 0. The Morgan fingerprint density at radius 3 is 0.500 bits per heavy atom. The summed E-state index contributed by atoms with van der Waals surface area (Å²) in [5.74, 6) is 0. The largest absolute Gasteiger partial charge is 0.147 e. The average molecular weight is 243 g/mol. The summed E-state index contributed by atoms with van der Waals surface area (Å²) in [5.41, 5.74) is 0. The van der Waals surface area contributed by atoms with Crippen LogP contribution in [0, 0.1) is 0 Å². The molecule has 0 aliphatic heterocycles. The van der Waals surface area contributed by atoms with Gasteiger partial charge in [0.25, 0.3) is 0 Å². The summed E-state index contributed by atoms with van der Waals surface area (Å²) in [6, 6.07) is 0. The van der Waals surface area contributed by atoms with Crippen molar-refractivity contribution in [2.45, 2.75) is 0 Å². The Morgan fingerprint density at radius 2 is 0.500 bits per heavy atom. The molecule has 0 atom stereocenters. The minimum atomic E-state index is 0. The van der Waals surface area contributed by atoms with Crippen molar-refractivity contribution in [1.29, 1.82) is 0 Å². The van der Waals surface area contributed by atoms with Gasteiger partial charge < -0.3 is 0 Å². The van der Waals surface area contributed by atoms with E-state index in [1.165, 1.54) is 0 Å². The van der Waals surface area contributed by atoms with Crippen molar-refractivity contribution < 1.29 is 19.5 Å². The van der Waals surface area contributed by atoms with Crippen LogP contribution in [0.3, 0.4) is 0 Å². The molecule has 0 fully saturated rings. The first kappa shape index (κ1) is 98.0. The zero-order valence-electron chi connectivity index (χ0n) is 2.34. The Hall–Kier alpha value is 2.00. The summed E-state index contributed by atoms with van der Waals surface area (Å²) < 4.78 is 0. The molecule has 6 heavy (non-hydrogen) atoms. The minimum absolute atomic E-state index is 0. The van der Waals surface area contributed by atoms with Crippen molar-refractivity contribution in [3.05, 3.63) is 0 Å². The number of halogens is 4. The first-order valence-electron chi connectivity index (χ1n) is 0. The number of hydrogen-bond acceptors (Lipinski definition) is 0. The standard InChI is InChI=1S/4ClH.H4Si.Zn/h4*1H;1H4;. The van der Waals surface area contributed by atoms with Crippen LogP contribution < -0.4 is 0 Å². The summed E-state index contributed by atoms with van der Waals surface area (Å²) in [6.07, 6.45) is 0. The Bertz CT molecular complexity index is 7.51. The maximum absolute atomic E-state index is 0. The maximum atomic E-state index is 0. The van der Waals surface area contributed by atoms with Gasteiger partial charge >= 0.3 is 0 Å². The van der Waals surface area contributed by atoms with E-state index in [2.05, 4.69) is 0 Å². The van der Waals surface area contributed by atoms with E-state index in [-0.39, 0.29) is 80.1 Å². The third kappa shape index (κ3) is 37.5. The summed E-state index contributed by atoms with van der Waals surface area (Å²) in [4.78, 5) is 0. The Kier molecular flexibility index (Phi) is 1030. The van der Waals surface area contributed by atoms with E-state index in [0.29, 0.717) is 0 Å². The molecule has 0 heterocycles. The van der Waals surface area contributed by atoms with Crippen LogP contribution in [0.4, 0.5) is 0 Å². The van der Waals surface area contributed by atoms with Crippen LogP contribution in [0.2, 0.25) is 0 Å². The van der Waals surface area contributed by atoms with Gasteiger partial charge in [0.15, 0.2) is 0 Å². The third-order valence-corrected chi connectivity index (χ3v) is 0. The fourth-order valence-corrected chi connectivity index (χ4v) is 0. The molecule has 0 aromatic heterocycles. The van der Waals surface area contributed by atoms with E-state index in [1.54, 1.807) is 0 Å². The van der Waals surface area contributed by atoms with Gasteiger partial charge in [0.2, 0.25) is 0 Å². The Balaban J connectivity index is 0. The number of rotatable bonds is 0.